The number of aryl methyl sites for hydroxylation is 1. The van der Waals surface area contributed by atoms with Gasteiger partial charge in [-0.25, -0.2) is 0 Å². The zero-order valence-corrected chi connectivity index (χ0v) is 13.8. The molecule has 1 aliphatic rings. The lowest BCUT2D eigenvalue weighted by molar-refractivity contribution is 0.182. The first-order valence-corrected chi connectivity index (χ1v) is 8.11. The van der Waals surface area contributed by atoms with Crippen molar-refractivity contribution in [2.45, 2.75) is 31.8 Å². The lowest BCUT2D eigenvalue weighted by Crippen LogP contribution is -2.29. The van der Waals surface area contributed by atoms with Crippen LogP contribution in [0.3, 0.4) is 0 Å². The molecule has 0 bridgehead atoms. The van der Waals surface area contributed by atoms with Crippen molar-refractivity contribution in [2.75, 3.05) is 19.0 Å². The molecule has 21 heavy (non-hydrogen) atoms. The summed E-state index contributed by atoms with van der Waals surface area (Å²) >= 11 is 3.62. The minimum absolute atomic E-state index is 0.453. The van der Waals surface area contributed by atoms with Gasteiger partial charge in [-0.2, -0.15) is 5.10 Å². The third-order valence-corrected chi connectivity index (χ3v) is 4.65. The highest BCUT2D eigenvalue weighted by molar-refractivity contribution is 9.10. The number of halogens is 1. The van der Waals surface area contributed by atoms with Gasteiger partial charge >= 0.3 is 0 Å². The molecule has 0 spiro atoms. The smallest absolute Gasteiger partial charge is 0.0658 e. The van der Waals surface area contributed by atoms with Crippen molar-refractivity contribution in [3.8, 4) is 0 Å². The second kappa shape index (κ2) is 6.62. The molecular weight excluding hydrogens is 330 g/mol. The number of benzene rings is 1. The molecule has 0 fully saturated rings. The van der Waals surface area contributed by atoms with Crippen LogP contribution in [0.5, 0.6) is 0 Å². The van der Waals surface area contributed by atoms with E-state index in [0.717, 1.165) is 30.3 Å². The summed E-state index contributed by atoms with van der Waals surface area (Å²) in [5, 5.41) is 8.08. The number of fused-ring (bicyclic) bond motifs is 1. The second-order valence-electron chi connectivity index (χ2n) is 5.40. The van der Waals surface area contributed by atoms with E-state index in [-0.39, 0.29) is 0 Å². The van der Waals surface area contributed by atoms with Crippen LogP contribution < -0.4 is 5.32 Å². The molecular formula is C16H20BrN3O. The highest BCUT2D eigenvalue weighted by atomic mass is 79.9. The Morgan fingerprint density at radius 3 is 3.14 bits per heavy atom. The van der Waals surface area contributed by atoms with E-state index in [9.17, 15) is 0 Å². The molecule has 1 unspecified atom stereocenters. The summed E-state index contributed by atoms with van der Waals surface area (Å²) < 4.78 is 8.27. The molecule has 1 N–H and O–H groups in total. The fourth-order valence-corrected chi connectivity index (χ4v) is 3.31. The molecule has 1 aromatic heterocycles. The number of nitrogens with zero attached hydrogens (tertiary/aromatic N) is 2. The van der Waals surface area contributed by atoms with E-state index in [0.29, 0.717) is 12.6 Å². The second-order valence-corrected chi connectivity index (χ2v) is 6.25. The summed E-state index contributed by atoms with van der Waals surface area (Å²) in [4.78, 5) is 0. The van der Waals surface area contributed by atoms with E-state index in [1.54, 1.807) is 7.11 Å². The van der Waals surface area contributed by atoms with Crippen molar-refractivity contribution in [3.63, 3.8) is 0 Å². The Bertz CT molecular complexity index is 611. The molecule has 0 saturated carbocycles. The largest absolute Gasteiger partial charge is 0.383 e. The molecule has 0 amide bonds. The number of hydrogen-bond donors (Lipinski definition) is 1. The molecule has 0 aliphatic carbocycles. The van der Waals surface area contributed by atoms with Gasteiger partial charge in [0.15, 0.2) is 0 Å². The summed E-state index contributed by atoms with van der Waals surface area (Å²) in [5.74, 6) is 0. The van der Waals surface area contributed by atoms with Gasteiger partial charge in [0.2, 0.25) is 0 Å². The minimum atomic E-state index is 0.453. The molecule has 3 rings (SSSR count). The van der Waals surface area contributed by atoms with Gasteiger partial charge in [0.1, 0.15) is 0 Å². The topological polar surface area (TPSA) is 39.1 Å². The Morgan fingerprint density at radius 1 is 1.43 bits per heavy atom. The Labute approximate surface area is 133 Å². The highest BCUT2D eigenvalue weighted by Crippen LogP contribution is 2.27. The lowest BCUT2D eigenvalue weighted by atomic mass is 9.95. The summed E-state index contributed by atoms with van der Waals surface area (Å²) in [6.45, 7) is 1.47. The van der Waals surface area contributed by atoms with Crippen LogP contribution in [-0.4, -0.2) is 29.5 Å². The van der Waals surface area contributed by atoms with Crippen LogP contribution in [0.2, 0.25) is 0 Å². The average Bonchev–Trinajstić information content (AvgIpc) is 2.86. The number of methoxy groups -OCH3 is 1. The maximum absolute atomic E-state index is 5.15. The van der Waals surface area contributed by atoms with Crippen molar-refractivity contribution in [1.82, 2.24) is 9.78 Å². The number of nitrogens with one attached hydrogen (secondary N) is 1. The van der Waals surface area contributed by atoms with Gasteiger partial charge in [0.25, 0.3) is 0 Å². The van der Waals surface area contributed by atoms with Gasteiger partial charge in [0, 0.05) is 25.3 Å². The van der Waals surface area contributed by atoms with Gasteiger partial charge in [0.05, 0.1) is 29.5 Å². The number of ether oxygens (including phenoxy) is 1. The average molecular weight is 350 g/mol. The zero-order chi connectivity index (χ0) is 14.7. The van der Waals surface area contributed by atoms with E-state index in [1.165, 1.54) is 16.9 Å². The van der Waals surface area contributed by atoms with E-state index < -0.39 is 0 Å². The number of hydrogen-bond acceptors (Lipinski definition) is 3. The van der Waals surface area contributed by atoms with Gasteiger partial charge in [-0.05, 0) is 40.4 Å². The van der Waals surface area contributed by atoms with Gasteiger partial charge in [-0.1, -0.05) is 18.2 Å². The Kier molecular flexibility index (Phi) is 4.60. The molecule has 112 valence electrons. The summed E-state index contributed by atoms with van der Waals surface area (Å²) in [6, 6.07) is 9.02. The van der Waals surface area contributed by atoms with Gasteiger partial charge < -0.3 is 10.1 Å². The Hall–Kier alpha value is -1.33. The fraction of sp³-hybridized carbons (Fsp3) is 0.438. The Balaban J connectivity index is 1.72. The van der Waals surface area contributed by atoms with Crippen molar-refractivity contribution in [3.05, 3.63) is 46.2 Å². The normalized spacial score (nSPS) is 17.3. The minimum Gasteiger partial charge on any atom is -0.383 e. The Morgan fingerprint density at radius 2 is 2.29 bits per heavy atom. The van der Waals surface area contributed by atoms with Gasteiger partial charge in [-0.15, -0.1) is 0 Å². The molecule has 5 heteroatoms. The van der Waals surface area contributed by atoms with Crippen molar-refractivity contribution < 1.29 is 4.74 Å². The molecule has 1 aromatic carbocycles. The van der Waals surface area contributed by atoms with Crippen molar-refractivity contribution in [1.29, 1.82) is 0 Å². The first-order valence-electron chi connectivity index (χ1n) is 7.31. The molecule has 0 saturated heterocycles. The monoisotopic (exact) mass is 349 g/mol. The maximum Gasteiger partial charge on any atom is 0.0658 e. The highest BCUT2D eigenvalue weighted by Gasteiger charge is 2.20. The zero-order valence-electron chi connectivity index (χ0n) is 12.2. The molecule has 2 aromatic rings. The van der Waals surface area contributed by atoms with Crippen LogP contribution in [0.4, 0.5) is 5.69 Å². The lowest BCUT2D eigenvalue weighted by Gasteiger charge is -2.27. The summed E-state index contributed by atoms with van der Waals surface area (Å²) in [7, 11) is 1.72. The summed E-state index contributed by atoms with van der Waals surface area (Å²) in [5.41, 5.74) is 3.93. The molecule has 1 atom stereocenters. The molecule has 4 nitrogen and oxygen atoms in total. The van der Waals surface area contributed by atoms with Crippen molar-refractivity contribution in [2.24, 2.45) is 0 Å². The SMILES string of the molecule is COCCn1ncc(Br)c1CC1CCc2ccccc2N1. The van der Waals surface area contributed by atoms with E-state index in [4.69, 9.17) is 4.74 Å². The van der Waals surface area contributed by atoms with Crippen molar-refractivity contribution >= 4 is 21.6 Å². The van der Waals surface area contributed by atoms with Crippen LogP contribution in [0, 0.1) is 0 Å². The summed E-state index contributed by atoms with van der Waals surface area (Å²) in [6.07, 6.45) is 5.14. The fourth-order valence-electron chi connectivity index (χ4n) is 2.85. The standard InChI is InChI=1S/C16H20BrN3O/c1-21-9-8-20-16(14(17)11-18-20)10-13-7-6-12-4-2-3-5-15(12)19-13/h2-5,11,13,19H,6-10H2,1H3. The first kappa shape index (κ1) is 14.6. The predicted molar refractivity (Wildman–Crippen MR) is 87.7 cm³/mol. The quantitative estimate of drug-likeness (QED) is 0.900. The van der Waals surface area contributed by atoms with Crippen LogP contribution in [-0.2, 0) is 24.1 Å². The third kappa shape index (κ3) is 3.30. The number of rotatable bonds is 5. The molecule has 1 aliphatic heterocycles. The number of anilines is 1. The predicted octanol–water partition coefficient (Wildman–Crippen LogP) is 3.26. The van der Waals surface area contributed by atoms with Crippen LogP contribution >= 0.6 is 15.9 Å². The van der Waals surface area contributed by atoms with E-state index in [2.05, 4.69) is 50.6 Å². The third-order valence-electron chi connectivity index (χ3n) is 3.98. The van der Waals surface area contributed by atoms with E-state index in [1.807, 2.05) is 10.9 Å². The van der Waals surface area contributed by atoms with Gasteiger partial charge in [-0.3, -0.25) is 4.68 Å². The maximum atomic E-state index is 5.15. The van der Waals surface area contributed by atoms with Crippen LogP contribution in [0.25, 0.3) is 0 Å². The molecule has 2 heterocycles. The number of para-hydroxylation sites is 1. The van der Waals surface area contributed by atoms with Crippen LogP contribution in [0.1, 0.15) is 17.7 Å². The first-order chi connectivity index (χ1) is 10.3. The molecule has 0 radical (unpaired) electrons. The van der Waals surface area contributed by atoms with Crippen LogP contribution in [0.15, 0.2) is 34.9 Å². The number of aromatic nitrogens is 2. The van der Waals surface area contributed by atoms with E-state index >= 15 is 0 Å².